The van der Waals surface area contributed by atoms with Gasteiger partial charge < -0.3 is 5.32 Å². The van der Waals surface area contributed by atoms with Gasteiger partial charge in [-0.1, -0.05) is 19.9 Å². The molecule has 0 fully saturated rings. The number of nitrogens with one attached hydrogen (secondary N) is 1. The molecule has 3 heteroatoms. The number of aromatic nitrogens is 1. The lowest BCUT2D eigenvalue weighted by Crippen LogP contribution is -2.29. The fraction of sp³-hybridized carbons (Fsp3) is 0.571. The predicted molar refractivity (Wildman–Crippen MR) is 69.3 cm³/mol. The van der Waals surface area contributed by atoms with E-state index in [1.807, 2.05) is 19.2 Å². The molecule has 0 aliphatic rings. The maximum absolute atomic E-state index is 8.58. The molecule has 0 aliphatic carbocycles. The molecule has 1 rings (SSSR count). The van der Waals surface area contributed by atoms with E-state index in [4.69, 9.17) is 5.26 Å². The minimum atomic E-state index is 0.174. The van der Waals surface area contributed by atoms with Crippen molar-refractivity contribution in [2.75, 3.05) is 6.54 Å². The average molecular weight is 231 g/mol. The van der Waals surface area contributed by atoms with Gasteiger partial charge in [-0.2, -0.15) is 5.26 Å². The summed E-state index contributed by atoms with van der Waals surface area (Å²) in [5.74, 6) is 0. The summed E-state index contributed by atoms with van der Waals surface area (Å²) < 4.78 is 0. The van der Waals surface area contributed by atoms with E-state index < -0.39 is 0 Å². The monoisotopic (exact) mass is 231 g/mol. The van der Waals surface area contributed by atoms with Crippen LogP contribution in [0.15, 0.2) is 18.3 Å². The smallest absolute Gasteiger partial charge is 0.0621 e. The molecule has 17 heavy (non-hydrogen) atoms. The molecule has 0 aromatic carbocycles. The maximum atomic E-state index is 8.58. The van der Waals surface area contributed by atoms with Gasteiger partial charge >= 0.3 is 0 Å². The third-order valence-electron chi connectivity index (χ3n) is 2.82. The molecule has 92 valence electrons. The van der Waals surface area contributed by atoms with Crippen molar-refractivity contribution in [2.45, 2.75) is 40.2 Å². The van der Waals surface area contributed by atoms with Crippen LogP contribution in [-0.2, 0) is 6.54 Å². The van der Waals surface area contributed by atoms with Crippen LogP contribution in [-0.4, -0.2) is 11.5 Å². The quantitative estimate of drug-likeness (QED) is 0.819. The summed E-state index contributed by atoms with van der Waals surface area (Å²) in [6, 6.07) is 6.32. The fourth-order valence-electron chi connectivity index (χ4n) is 1.63. The summed E-state index contributed by atoms with van der Waals surface area (Å²) in [6.45, 7) is 8.11. The first-order chi connectivity index (χ1) is 8.03. The summed E-state index contributed by atoms with van der Waals surface area (Å²) in [6.07, 6.45) is 3.47. The SMILES string of the molecule is Cc1ccc(CNCC(C)(C)CCC#N)cn1. The van der Waals surface area contributed by atoms with Crippen LogP contribution in [0.3, 0.4) is 0 Å². The van der Waals surface area contributed by atoms with Gasteiger partial charge in [-0.05, 0) is 30.4 Å². The summed E-state index contributed by atoms with van der Waals surface area (Å²) in [4.78, 5) is 4.26. The molecule has 0 spiro atoms. The molecule has 0 aliphatic heterocycles. The molecule has 1 aromatic rings. The number of nitriles is 1. The van der Waals surface area contributed by atoms with Crippen LogP contribution < -0.4 is 5.32 Å². The van der Waals surface area contributed by atoms with Crippen LogP contribution >= 0.6 is 0 Å². The molecule has 0 saturated carbocycles. The van der Waals surface area contributed by atoms with Crippen molar-refractivity contribution in [2.24, 2.45) is 5.41 Å². The highest BCUT2D eigenvalue weighted by Crippen LogP contribution is 2.20. The first-order valence-corrected chi connectivity index (χ1v) is 6.03. The Kier molecular flexibility index (Phi) is 5.11. The first kappa shape index (κ1) is 13.7. The zero-order valence-electron chi connectivity index (χ0n) is 11.0. The molecular formula is C14H21N3. The van der Waals surface area contributed by atoms with Gasteiger partial charge in [-0.25, -0.2) is 0 Å². The van der Waals surface area contributed by atoms with Crippen molar-refractivity contribution in [1.29, 1.82) is 5.26 Å². The Morgan fingerprint density at radius 3 is 2.76 bits per heavy atom. The summed E-state index contributed by atoms with van der Waals surface area (Å²) in [5.41, 5.74) is 2.42. The van der Waals surface area contributed by atoms with Gasteiger partial charge in [-0.3, -0.25) is 4.98 Å². The Labute approximate surface area is 104 Å². The van der Waals surface area contributed by atoms with Crippen LogP contribution in [0.1, 0.15) is 37.9 Å². The highest BCUT2D eigenvalue weighted by atomic mass is 14.9. The van der Waals surface area contributed by atoms with E-state index in [-0.39, 0.29) is 5.41 Å². The Morgan fingerprint density at radius 2 is 2.18 bits per heavy atom. The molecule has 0 saturated heterocycles. The Bertz CT molecular complexity index is 373. The molecule has 0 radical (unpaired) electrons. The van der Waals surface area contributed by atoms with Crippen LogP contribution in [0, 0.1) is 23.7 Å². The first-order valence-electron chi connectivity index (χ1n) is 6.03. The van der Waals surface area contributed by atoms with E-state index in [0.29, 0.717) is 6.42 Å². The second-order valence-corrected chi connectivity index (χ2v) is 5.23. The molecule has 1 aromatic heterocycles. The number of nitrogens with zero attached hydrogens (tertiary/aromatic N) is 2. The highest BCUT2D eigenvalue weighted by Gasteiger charge is 2.16. The van der Waals surface area contributed by atoms with Crippen LogP contribution in [0.4, 0.5) is 0 Å². The molecule has 0 atom stereocenters. The van der Waals surface area contributed by atoms with Gasteiger partial charge in [-0.15, -0.1) is 0 Å². The predicted octanol–water partition coefficient (Wildman–Crippen LogP) is 2.81. The minimum Gasteiger partial charge on any atom is -0.312 e. The standard InChI is InChI=1S/C14H21N3/c1-12-5-6-13(10-17-12)9-16-11-14(2,3)7-4-8-15/h5-6,10,16H,4,7,9,11H2,1-3H3. The zero-order chi connectivity index (χ0) is 12.7. The van der Waals surface area contributed by atoms with Crippen molar-refractivity contribution in [3.05, 3.63) is 29.6 Å². The van der Waals surface area contributed by atoms with Gasteiger partial charge in [0.05, 0.1) is 6.07 Å². The second-order valence-electron chi connectivity index (χ2n) is 5.23. The Hall–Kier alpha value is -1.40. The van der Waals surface area contributed by atoms with Crippen LogP contribution in [0.2, 0.25) is 0 Å². The van der Waals surface area contributed by atoms with Crippen LogP contribution in [0.5, 0.6) is 0 Å². The number of pyridine rings is 1. The second kappa shape index (κ2) is 6.36. The molecule has 0 bridgehead atoms. The third-order valence-corrected chi connectivity index (χ3v) is 2.82. The van der Waals surface area contributed by atoms with Gasteiger partial charge in [0, 0.05) is 31.4 Å². The summed E-state index contributed by atoms with van der Waals surface area (Å²) in [7, 11) is 0. The van der Waals surface area contributed by atoms with E-state index in [9.17, 15) is 0 Å². The van der Waals surface area contributed by atoms with Gasteiger partial charge in [0.2, 0.25) is 0 Å². The van der Waals surface area contributed by atoms with E-state index >= 15 is 0 Å². The van der Waals surface area contributed by atoms with Crippen molar-refractivity contribution >= 4 is 0 Å². The number of aryl methyl sites for hydroxylation is 1. The number of rotatable bonds is 6. The number of hydrogen-bond donors (Lipinski definition) is 1. The van der Waals surface area contributed by atoms with E-state index in [1.54, 1.807) is 0 Å². The maximum Gasteiger partial charge on any atom is 0.0621 e. The fourth-order valence-corrected chi connectivity index (χ4v) is 1.63. The molecule has 3 nitrogen and oxygen atoms in total. The van der Waals surface area contributed by atoms with Gasteiger partial charge in [0.15, 0.2) is 0 Å². The molecule has 1 N–H and O–H groups in total. The number of hydrogen-bond acceptors (Lipinski definition) is 3. The molecule has 0 amide bonds. The zero-order valence-corrected chi connectivity index (χ0v) is 11.0. The Morgan fingerprint density at radius 1 is 1.41 bits per heavy atom. The minimum absolute atomic E-state index is 0.174. The van der Waals surface area contributed by atoms with Gasteiger partial charge in [0.25, 0.3) is 0 Å². The van der Waals surface area contributed by atoms with E-state index in [2.05, 4.69) is 36.3 Å². The molecule has 0 unspecified atom stereocenters. The summed E-state index contributed by atoms with van der Waals surface area (Å²) in [5, 5.41) is 12.0. The average Bonchev–Trinajstić information content (AvgIpc) is 2.29. The molecule has 1 heterocycles. The van der Waals surface area contributed by atoms with Crippen molar-refractivity contribution in [3.63, 3.8) is 0 Å². The summed E-state index contributed by atoms with van der Waals surface area (Å²) >= 11 is 0. The lowest BCUT2D eigenvalue weighted by atomic mass is 9.88. The van der Waals surface area contributed by atoms with Crippen LogP contribution in [0.25, 0.3) is 0 Å². The van der Waals surface area contributed by atoms with Crippen molar-refractivity contribution < 1.29 is 0 Å². The van der Waals surface area contributed by atoms with Crippen molar-refractivity contribution in [3.8, 4) is 6.07 Å². The van der Waals surface area contributed by atoms with E-state index in [0.717, 1.165) is 25.2 Å². The van der Waals surface area contributed by atoms with E-state index in [1.165, 1.54) is 5.56 Å². The van der Waals surface area contributed by atoms with Crippen molar-refractivity contribution in [1.82, 2.24) is 10.3 Å². The lowest BCUT2D eigenvalue weighted by Gasteiger charge is -2.23. The van der Waals surface area contributed by atoms with Gasteiger partial charge in [0.1, 0.15) is 0 Å². The topological polar surface area (TPSA) is 48.7 Å². The highest BCUT2D eigenvalue weighted by molar-refractivity contribution is 5.12. The lowest BCUT2D eigenvalue weighted by molar-refractivity contribution is 0.317. The Balaban J connectivity index is 2.32. The molecular weight excluding hydrogens is 210 g/mol. The third kappa shape index (κ3) is 5.46. The normalized spacial score (nSPS) is 11.2. The largest absolute Gasteiger partial charge is 0.312 e.